The van der Waals surface area contributed by atoms with Crippen LogP contribution in [0.3, 0.4) is 0 Å². The first kappa shape index (κ1) is 16.0. The van der Waals surface area contributed by atoms with Gasteiger partial charge in [0.25, 0.3) is 5.91 Å². The summed E-state index contributed by atoms with van der Waals surface area (Å²) in [6.45, 7) is 2.00. The van der Waals surface area contributed by atoms with Gasteiger partial charge >= 0.3 is 0 Å². The summed E-state index contributed by atoms with van der Waals surface area (Å²) in [5.74, 6) is 0.798. The van der Waals surface area contributed by atoms with Crippen molar-refractivity contribution in [1.82, 2.24) is 5.43 Å². The second-order valence-corrected chi connectivity index (χ2v) is 5.35. The van der Waals surface area contributed by atoms with E-state index in [-0.39, 0.29) is 5.91 Å². The van der Waals surface area contributed by atoms with Crippen LogP contribution in [0.4, 0.5) is 0 Å². The van der Waals surface area contributed by atoms with Crippen LogP contribution in [-0.2, 0) is 0 Å². The lowest BCUT2D eigenvalue weighted by molar-refractivity contribution is 0.0954. The van der Waals surface area contributed by atoms with Gasteiger partial charge in [0.15, 0.2) is 11.5 Å². The molecule has 1 aromatic carbocycles. The van der Waals surface area contributed by atoms with Gasteiger partial charge in [0.1, 0.15) is 0 Å². The molecular weight excluding hydrogens is 300 g/mol. The van der Waals surface area contributed by atoms with Gasteiger partial charge in [-0.05, 0) is 36.1 Å². The Kier molecular flexibility index (Phi) is 5.55. The molecule has 0 atom stereocenters. The van der Waals surface area contributed by atoms with Crippen molar-refractivity contribution in [3.63, 3.8) is 0 Å². The molecule has 0 unspecified atom stereocenters. The molecule has 1 heterocycles. The predicted octanol–water partition coefficient (Wildman–Crippen LogP) is 3.31. The quantitative estimate of drug-likeness (QED) is 0.656. The van der Waals surface area contributed by atoms with Crippen molar-refractivity contribution in [3.8, 4) is 11.5 Å². The maximum Gasteiger partial charge on any atom is 0.271 e. The van der Waals surface area contributed by atoms with E-state index in [0.717, 1.165) is 17.0 Å². The number of carbonyl (C=O) groups excluding carboxylic acids is 1. The lowest BCUT2D eigenvalue weighted by Crippen LogP contribution is -2.19. The minimum absolute atomic E-state index is 0.288. The summed E-state index contributed by atoms with van der Waals surface area (Å²) in [6.07, 6.45) is 0.743. The van der Waals surface area contributed by atoms with E-state index in [0.29, 0.717) is 17.1 Å². The summed E-state index contributed by atoms with van der Waals surface area (Å²) >= 11 is 1.60. The van der Waals surface area contributed by atoms with Crippen molar-refractivity contribution < 1.29 is 14.3 Å². The molecule has 0 saturated carbocycles. The molecule has 116 valence electrons. The topological polar surface area (TPSA) is 59.9 Å². The summed E-state index contributed by atoms with van der Waals surface area (Å²) in [6, 6.07) is 8.93. The summed E-state index contributed by atoms with van der Waals surface area (Å²) < 4.78 is 10.3. The molecule has 0 fully saturated rings. The Hall–Kier alpha value is -2.34. The molecule has 0 aliphatic heterocycles. The molecule has 1 amide bonds. The van der Waals surface area contributed by atoms with Crippen LogP contribution in [0.2, 0.25) is 0 Å². The van der Waals surface area contributed by atoms with Gasteiger partial charge < -0.3 is 9.47 Å². The van der Waals surface area contributed by atoms with E-state index in [1.807, 2.05) is 24.4 Å². The molecule has 5 nitrogen and oxygen atoms in total. The fraction of sp³-hybridized carbons (Fsp3) is 0.250. The highest BCUT2D eigenvalue weighted by Crippen LogP contribution is 2.27. The number of benzene rings is 1. The van der Waals surface area contributed by atoms with Crippen LogP contribution >= 0.6 is 11.3 Å². The number of nitrogens with zero attached hydrogens (tertiary/aromatic N) is 1. The van der Waals surface area contributed by atoms with E-state index in [1.54, 1.807) is 36.6 Å². The zero-order valence-electron chi connectivity index (χ0n) is 12.8. The third kappa shape index (κ3) is 3.65. The van der Waals surface area contributed by atoms with E-state index >= 15 is 0 Å². The maximum atomic E-state index is 12.2. The third-order valence-electron chi connectivity index (χ3n) is 3.08. The number of methoxy groups -OCH3 is 2. The average Bonchev–Trinajstić information content (AvgIpc) is 3.08. The standard InChI is InChI=1S/C16H18N2O3S/c1-4-12(15-6-5-9-22-15)17-18-16(19)11-7-8-13(20-2)14(10-11)21-3/h5-10H,4H2,1-3H3,(H,18,19)/b17-12-. The molecule has 6 heteroatoms. The summed E-state index contributed by atoms with van der Waals surface area (Å²) in [5, 5.41) is 6.20. The van der Waals surface area contributed by atoms with Crippen molar-refractivity contribution in [2.75, 3.05) is 14.2 Å². The molecule has 0 aliphatic carbocycles. The van der Waals surface area contributed by atoms with Crippen LogP contribution in [0, 0.1) is 0 Å². The molecule has 0 spiro atoms. The summed E-state index contributed by atoms with van der Waals surface area (Å²) in [5.41, 5.74) is 3.90. The Balaban J connectivity index is 2.15. The molecule has 22 heavy (non-hydrogen) atoms. The zero-order valence-corrected chi connectivity index (χ0v) is 13.6. The van der Waals surface area contributed by atoms with Crippen LogP contribution in [0.25, 0.3) is 0 Å². The fourth-order valence-corrected chi connectivity index (χ4v) is 2.70. The maximum absolute atomic E-state index is 12.2. The highest BCUT2D eigenvalue weighted by atomic mass is 32.1. The van der Waals surface area contributed by atoms with Gasteiger partial charge in [-0.3, -0.25) is 4.79 Å². The van der Waals surface area contributed by atoms with Crippen LogP contribution < -0.4 is 14.9 Å². The smallest absolute Gasteiger partial charge is 0.271 e. The summed E-state index contributed by atoms with van der Waals surface area (Å²) in [4.78, 5) is 13.2. The third-order valence-corrected chi connectivity index (χ3v) is 4.00. The monoisotopic (exact) mass is 318 g/mol. The second kappa shape index (κ2) is 7.61. The molecule has 0 saturated heterocycles. The minimum Gasteiger partial charge on any atom is -0.493 e. The molecule has 2 rings (SSSR count). The molecule has 2 aromatic rings. The number of hydrogen-bond acceptors (Lipinski definition) is 5. The van der Waals surface area contributed by atoms with E-state index in [4.69, 9.17) is 9.47 Å². The second-order valence-electron chi connectivity index (χ2n) is 4.40. The van der Waals surface area contributed by atoms with Crippen molar-refractivity contribution >= 4 is 23.0 Å². The SMILES string of the molecule is CC/C(=N/NC(=O)c1ccc(OC)c(OC)c1)c1cccs1. The number of ether oxygens (including phenoxy) is 2. The number of thiophene rings is 1. The van der Waals surface area contributed by atoms with Gasteiger partial charge in [0.05, 0.1) is 24.8 Å². The Labute approximate surface area is 133 Å². The number of nitrogens with one attached hydrogen (secondary N) is 1. The summed E-state index contributed by atoms with van der Waals surface area (Å²) in [7, 11) is 3.08. The van der Waals surface area contributed by atoms with Gasteiger partial charge in [-0.1, -0.05) is 13.0 Å². The molecule has 0 aliphatic rings. The lowest BCUT2D eigenvalue weighted by Gasteiger charge is -2.09. The highest BCUT2D eigenvalue weighted by Gasteiger charge is 2.11. The predicted molar refractivity (Wildman–Crippen MR) is 88.2 cm³/mol. The molecule has 1 N–H and O–H groups in total. The molecule has 0 bridgehead atoms. The van der Waals surface area contributed by atoms with Crippen LogP contribution in [0.1, 0.15) is 28.6 Å². The largest absolute Gasteiger partial charge is 0.493 e. The van der Waals surface area contributed by atoms with Crippen molar-refractivity contribution in [2.45, 2.75) is 13.3 Å². The normalized spacial score (nSPS) is 11.1. The average molecular weight is 318 g/mol. The van der Waals surface area contributed by atoms with Gasteiger partial charge in [-0.15, -0.1) is 11.3 Å². The Morgan fingerprint density at radius 3 is 2.59 bits per heavy atom. The number of carbonyl (C=O) groups is 1. The van der Waals surface area contributed by atoms with Crippen LogP contribution in [0.5, 0.6) is 11.5 Å². The Morgan fingerprint density at radius 2 is 2.00 bits per heavy atom. The fourth-order valence-electron chi connectivity index (χ4n) is 1.91. The minimum atomic E-state index is -0.288. The number of amides is 1. The van der Waals surface area contributed by atoms with Crippen molar-refractivity contribution in [3.05, 3.63) is 46.2 Å². The van der Waals surface area contributed by atoms with Gasteiger partial charge in [-0.2, -0.15) is 5.10 Å². The highest BCUT2D eigenvalue weighted by molar-refractivity contribution is 7.12. The van der Waals surface area contributed by atoms with Crippen molar-refractivity contribution in [2.24, 2.45) is 5.10 Å². The zero-order chi connectivity index (χ0) is 15.9. The first-order chi connectivity index (χ1) is 10.7. The van der Waals surface area contributed by atoms with E-state index < -0.39 is 0 Å². The first-order valence-electron chi connectivity index (χ1n) is 6.82. The van der Waals surface area contributed by atoms with Gasteiger partial charge in [-0.25, -0.2) is 5.43 Å². The van der Waals surface area contributed by atoms with E-state index in [1.165, 1.54) is 7.11 Å². The van der Waals surface area contributed by atoms with E-state index in [2.05, 4.69) is 10.5 Å². The lowest BCUT2D eigenvalue weighted by atomic mass is 10.2. The number of hydrogen-bond donors (Lipinski definition) is 1. The molecule has 1 aromatic heterocycles. The van der Waals surface area contributed by atoms with Crippen LogP contribution in [0.15, 0.2) is 40.8 Å². The molecular formula is C16H18N2O3S. The molecule has 0 radical (unpaired) electrons. The Morgan fingerprint density at radius 1 is 1.23 bits per heavy atom. The van der Waals surface area contributed by atoms with Crippen molar-refractivity contribution in [1.29, 1.82) is 0 Å². The van der Waals surface area contributed by atoms with E-state index in [9.17, 15) is 4.79 Å². The van der Waals surface area contributed by atoms with Gasteiger partial charge in [0, 0.05) is 5.56 Å². The van der Waals surface area contributed by atoms with Crippen LogP contribution in [-0.4, -0.2) is 25.8 Å². The number of rotatable bonds is 6. The first-order valence-corrected chi connectivity index (χ1v) is 7.70. The Bertz CT molecular complexity index is 666. The number of hydrazone groups is 1. The van der Waals surface area contributed by atoms with Gasteiger partial charge in [0.2, 0.25) is 0 Å².